The normalized spacial score (nSPS) is 10.0. The molecule has 0 bridgehead atoms. The fraction of sp³-hybridized carbons (Fsp3) is 0.0588. The Labute approximate surface area is 133 Å². The number of carbonyl (C=O) groups is 1. The molecule has 0 aliphatic carbocycles. The second kappa shape index (κ2) is 6.54. The van der Waals surface area contributed by atoms with E-state index in [9.17, 15) is 4.79 Å². The summed E-state index contributed by atoms with van der Waals surface area (Å²) < 4.78 is 1.80. The second-order valence-corrected chi connectivity index (χ2v) is 4.87. The Morgan fingerprint density at radius 3 is 2.65 bits per heavy atom. The van der Waals surface area contributed by atoms with Crippen LogP contribution in [0.2, 0.25) is 0 Å². The molecule has 0 unspecified atom stereocenters. The Morgan fingerprint density at radius 1 is 1.22 bits per heavy atom. The smallest absolute Gasteiger partial charge is 0.251 e. The van der Waals surface area contributed by atoms with E-state index in [1.54, 1.807) is 47.6 Å². The topological polar surface area (TPSA) is 83.6 Å². The van der Waals surface area contributed by atoms with E-state index in [1.807, 2.05) is 24.4 Å². The highest BCUT2D eigenvalue weighted by molar-refractivity contribution is 5.94. The zero-order valence-electron chi connectivity index (χ0n) is 12.2. The molecule has 0 saturated heterocycles. The molecule has 3 rings (SSSR count). The van der Waals surface area contributed by atoms with Gasteiger partial charge in [-0.15, -0.1) is 0 Å². The number of benzene rings is 1. The number of carbonyl (C=O) groups excluding carboxylic acids is 1. The van der Waals surface area contributed by atoms with Gasteiger partial charge in [0.05, 0.1) is 11.6 Å². The average Bonchev–Trinajstić information content (AvgIpc) is 3.15. The molecule has 2 aromatic heterocycles. The van der Waals surface area contributed by atoms with Crippen LogP contribution in [-0.2, 0) is 6.54 Å². The highest BCUT2D eigenvalue weighted by Crippen LogP contribution is 2.07. The number of amides is 1. The van der Waals surface area contributed by atoms with Crippen molar-refractivity contribution in [1.82, 2.24) is 19.9 Å². The zero-order valence-corrected chi connectivity index (χ0v) is 12.2. The van der Waals surface area contributed by atoms with Crippen LogP contribution in [-0.4, -0.2) is 20.4 Å². The van der Waals surface area contributed by atoms with Crippen molar-refractivity contribution in [1.29, 1.82) is 5.26 Å². The van der Waals surface area contributed by atoms with Crippen molar-refractivity contribution in [3.63, 3.8) is 0 Å². The molecule has 2 heterocycles. The van der Waals surface area contributed by atoms with Crippen LogP contribution in [0.3, 0.4) is 0 Å². The van der Waals surface area contributed by atoms with Gasteiger partial charge in [0.25, 0.3) is 5.91 Å². The van der Waals surface area contributed by atoms with Crippen LogP contribution in [0.4, 0.5) is 0 Å². The minimum atomic E-state index is -0.187. The van der Waals surface area contributed by atoms with Gasteiger partial charge in [0, 0.05) is 30.7 Å². The number of nitriles is 1. The Morgan fingerprint density at radius 2 is 2.04 bits per heavy atom. The monoisotopic (exact) mass is 303 g/mol. The largest absolute Gasteiger partial charge is 0.348 e. The van der Waals surface area contributed by atoms with E-state index < -0.39 is 0 Å². The Kier molecular flexibility index (Phi) is 4.11. The van der Waals surface area contributed by atoms with E-state index in [-0.39, 0.29) is 5.91 Å². The standard InChI is InChI=1S/C17H13N5O/c18-9-13-1-4-15(5-2-13)17(23)21-11-14-3-6-16(20-10-14)22-8-7-19-12-22/h1-8,10,12H,11H2,(H,21,23). The van der Waals surface area contributed by atoms with Crippen molar-refractivity contribution in [2.24, 2.45) is 0 Å². The minimum Gasteiger partial charge on any atom is -0.348 e. The third-order valence-corrected chi connectivity index (χ3v) is 3.31. The summed E-state index contributed by atoms with van der Waals surface area (Å²) in [5.41, 5.74) is 1.95. The summed E-state index contributed by atoms with van der Waals surface area (Å²) in [7, 11) is 0. The summed E-state index contributed by atoms with van der Waals surface area (Å²) in [5, 5.41) is 11.6. The van der Waals surface area contributed by atoms with Crippen molar-refractivity contribution in [3.05, 3.63) is 78.0 Å². The van der Waals surface area contributed by atoms with Crippen LogP contribution < -0.4 is 5.32 Å². The first-order valence-corrected chi connectivity index (χ1v) is 6.98. The van der Waals surface area contributed by atoms with Crippen molar-refractivity contribution in [3.8, 4) is 11.9 Å². The summed E-state index contributed by atoms with van der Waals surface area (Å²) in [5.74, 6) is 0.581. The predicted molar refractivity (Wildman–Crippen MR) is 83.7 cm³/mol. The molecule has 0 atom stereocenters. The quantitative estimate of drug-likeness (QED) is 0.799. The van der Waals surface area contributed by atoms with E-state index in [4.69, 9.17) is 5.26 Å². The summed E-state index contributed by atoms with van der Waals surface area (Å²) in [6.45, 7) is 0.385. The minimum absolute atomic E-state index is 0.187. The van der Waals surface area contributed by atoms with Gasteiger partial charge >= 0.3 is 0 Å². The molecule has 0 aliphatic heterocycles. The summed E-state index contributed by atoms with van der Waals surface area (Å²) in [6.07, 6.45) is 6.89. The van der Waals surface area contributed by atoms with Gasteiger partial charge in [-0.1, -0.05) is 6.07 Å². The SMILES string of the molecule is N#Cc1ccc(C(=O)NCc2ccc(-n3ccnc3)nc2)cc1. The van der Waals surface area contributed by atoms with Gasteiger partial charge in [0.15, 0.2) is 0 Å². The van der Waals surface area contributed by atoms with Gasteiger partial charge in [-0.05, 0) is 35.9 Å². The summed E-state index contributed by atoms with van der Waals surface area (Å²) in [6, 6.07) is 12.3. The number of aromatic nitrogens is 3. The fourth-order valence-corrected chi connectivity index (χ4v) is 2.05. The summed E-state index contributed by atoms with van der Waals surface area (Å²) in [4.78, 5) is 20.3. The van der Waals surface area contributed by atoms with Crippen LogP contribution in [0.25, 0.3) is 5.82 Å². The lowest BCUT2D eigenvalue weighted by molar-refractivity contribution is 0.0951. The number of hydrogen-bond donors (Lipinski definition) is 1. The lowest BCUT2D eigenvalue weighted by Gasteiger charge is -2.06. The molecule has 1 amide bonds. The van der Waals surface area contributed by atoms with Gasteiger partial charge < -0.3 is 5.32 Å². The average molecular weight is 303 g/mol. The molecule has 0 radical (unpaired) electrons. The van der Waals surface area contributed by atoms with E-state index >= 15 is 0 Å². The van der Waals surface area contributed by atoms with Crippen molar-refractivity contribution >= 4 is 5.91 Å². The lowest BCUT2D eigenvalue weighted by Crippen LogP contribution is -2.22. The molecule has 23 heavy (non-hydrogen) atoms. The van der Waals surface area contributed by atoms with E-state index in [1.165, 1.54) is 0 Å². The number of rotatable bonds is 4. The molecule has 1 aromatic carbocycles. The first-order valence-electron chi connectivity index (χ1n) is 6.98. The molecular formula is C17H13N5O. The molecule has 3 aromatic rings. The molecule has 0 fully saturated rings. The van der Waals surface area contributed by atoms with Gasteiger partial charge in [0.1, 0.15) is 12.1 Å². The Hall–Kier alpha value is -3.46. The number of pyridine rings is 1. The van der Waals surface area contributed by atoms with Crippen LogP contribution in [0.1, 0.15) is 21.5 Å². The highest BCUT2D eigenvalue weighted by Gasteiger charge is 2.05. The number of nitrogens with zero attached hydrogens (tertiary/aromatic N) is 4. The molecule has 6 nitrogen and oxygen atoms in total. The van der Waals surface area contributed by atoms with Crippen molar-refractivity contribution in [2.45, 2.75) is 6.54 Å². The van der Waals surface area contributed by atoms with Crippen LogP contribution in [0.5, 0.6) is 0 Å². The maximum absolute atomic E-state index is 12.0. The summed E-state index contributed by atoms with van der Waals surface area (Å²) >= 11 is 0. The highest BCUT2D eigenvalue weighted by atomic mass is 16.1. The molecule has 0 spiro atoms. The van der Waals surface area contributed by atoms with E-state index in [0.717, 1.165) is 11.4 Å². The number of nitrogens with one attached hydrogen (secondary N) is 1. The van der Waals surface area contributed by atoms with E-state index in [0.29, 0.717) is 17.7 Å². The molecule has 1 N–H and O–H groups in total. The molecule has 6 heteroatoms. The first kappa shape index (κ1) is 14.5. The molecular weight excluding hydrogens is 290 g/mol. The second-order valence-electron chi connectivity index (χ2n) is 4.87. The maximum Gasteiger partial charge on any atom is 0.251 e. The van der Waals surface area contributed by atoms with Crippen LogP contribution in [0.15, 0.2) is 61.3 Å². The number of hydrogen-bond acceptors (Lipinski definition) is 4. The first-order chi connectivity index (χ1) is 11.3. The third kappa shape index (κ3) is 3.41. The maximum atomic E-state index is 12.0. The van der Waals surface area contributed by atoms with Crippen LogP contribution in [0, 0.1) is 11.3 Å². The lowest BCUT2D eigenvalue weighted by atomic mass is 10.1. The van der Waals surface area contributed by atoms with Gasteiger partial charge in [-0.3, -0.25) is 9.36 Å². The molecule has 0 saturated carbocycles. The molecule has 0 aliphatic rings. The number of imidazole rings is 1. The fourth-order valence-electron chi connectivity index (χ4n) is 2.05. The predicted octanol–water partition coefficient (Wildman–Crippen LogP) is 2.07. The van der Waals surface area contributed by atoms with Crippen molar-refractivity contribution in [2.75, 3.05) is 0 Å². The van der Waals surface area contributed by atoms with Gasteiger partial charge in [-0.2, -0.15) is 5.26 Å². The third-order valence-electron chi connectivity index (χ3n) is 3.31. The molecule has 112 valence electrons. The Bertz CT molecular complexity index is 830. The zero-order chi connectivity index (χ0) is 16.1. The van der Waals surface area contributed by atoms with Gasteiger partial charge in [0.2, 0.25) is 0 Å². The van der Waals surface area contributed by atoms with E-state index in [2.05, 4.69) is 15.3 Å². The van der Waals surface area contributed by atoms with Crippen molar-refractivity contribution < 1.29 is 4.79 Å². The van der Waals surface area contributed by atoms with Crippen LogP contribution >= 0.6 is 0 Å². The van der Waals surface area contributed by atoms with Gasteiger partial charge in [-0.25, -0.2) is 9.97 Å². The Balaban J connectivity index is 1.61.